The average molecular weight is 291 g/mol. The molecule has 1 amide bonds. The number of allylic oxidation sites excluding steroid dienone is 1. The van der Waals surface area contributed by atoms with Crippen LogP contribution in [0.3, 0.4) is 0 Å². The van der Waals surface area contributed by atoms with Gasteiger partial charge in [0.05, 0.1) is 10.7 Å². The highest BCUT2D eigenvalue weighted by atomic mass is 35.5. The number of carbonyl (C=O) groups is 1. The maximum absolute atomic E-state index is 11.4. The van der Waals surface area contributed by atoms with Gasteiger partial charge < -0.3 is 15.4 Å². The summed E-state index contributed by atoms with van der Waals surface area (Å²) in [7, 11) is 1.42. The van der Waals surface area contributed by atoms with E-state index >= 15 is 0 Å². The number of methoxy groups -OCH3 is 1. The van der Waals surface area contributed by atoms with E-state index in [9.17, 15) is 4.79 Å². The first-order valence-electron chi connectivity index (χ1n) is 5.46. The van der Waals surface area contributed by atoms with E-state index in [1.165, 1.54) is 13.3 Å². The molecule has 0 aliphatic rings. The van der Waals surface area contributed by atoms with Crippen LogP contribution in [0.2, 0.25) is 5.02 Å². The molecule has 1 aromatic rings. The highest BCUT2D eigenvalue weighted by molar-refractivity contribution is 6.33. The highest BCUT2D eigenvalue weighted by Gasteiger charge is 2.05. The molecule has 102 valence electrons. The van der Waals surface area contributed by atoms with E-state index in [4.69, 9.17) is 26.9 Å². The Kier molecular flexibility index (Phi) is 6.05. The predicted molar refractivity (Wildman–Crippen MR) is 74.9 cm³/mol. The number of nitrogens with one attached hydrogen (secondary N) is 2. The number of hydrogen-bond acceptors (Lipinski definition) is 5. The van der Waals surface area contributed by atoms with Crippen LogP contribution in [0.5, 0.6) is 0 Å². The van der Waals surface area contributed by atoms with E-state index < -0.39 is 0 Å². The van der Waals surface area contributed by atoms with E-state index in [0.717, 1.165) is 0 Å². The van der Waals surface area contributed by atoms with E-state index in [1.54, 1.807) is 30.3 Å². The Hall–Kier alpha value is -2.54. The van der Waals surface area contributed by atoms with E-state index in [2.05, 4.69) is 10.6 Å². The van der Waals surface area contributed by atoms with Gasteiger partial charge in [-0.05, 0) is 18.2 Å². The van der Waals surface area contributed by atoms with Crippen molar-refractivity contribution in [1.82, 2.24) is 0 Å². The summed E-state index contributed by atoms with van der Waals surface area (Å²) >= 11 is 5.97. The maximum atomic E-state index is 11.4. The molecule has 0 fully saturated rings. The van der Waals surface area contributed by atoms with Crippen LogP contribution >= 0.6 is 11.6 Å². The monoisotopic (exact) mass is 290 g/mol. The van der Waals surface area contributed by atoms with Crippen molar-refractivity contribution < 1.29 is 9.53 Å². The van der Waals surface area contributed by atoms with Crippen LogP contribution < -0.4 is 10.6 Å². The van der Waals surface area contributed by atoms with Gasteiger partial charge in [0.1, 0.15) is 24.3 Å². The molecule has 0 aromatic heterocycles. The fourth-order valence-electron chi connectivity index (χ4n) is 1.28. The molecule has 2 N–H and O–H groups in total. The Morgan fingerprint density at radius 2 is 2.15 bits per heavy atom. The fraction of sp³-hybridized carbons (Fsp3) is 0.154. The van der Waals surface area contributed by atoms with Gasteiger partial charge in [-0.25, -0.2) is 0 Å². The van der Waals surface area contributed by atoms with Crippen LogP contribution in [0.1, 0.15) is 0 Å². The van der Waals surface area contributed by atoms with Gasteiger partial charge in [-0.1, -0.05) is 11.6 Å². The van der Waals surface area contributed by atoms with Crippen molar-refractivity contribution in [2.75, 3.05) is 24.4 Å². The first kappa shape index (κ1) is 15.5. The number of carbonyl (C=O) groups excluding carboxylic acids is 1. The molecule has 7 heteroatoms. The maximum Gasteiger partial charge on any atom is 0.250 e. The summed E-state index contributed by atoms with van der Waals surface area (Å²) in [6, 6.07) is 8.22. The van der Waals surface area contributed by atoms with Crippen molar-refractivity contribution in [2.45, 2.75) is 0 Å². The Balaban J connectivity index is 2.88. The Morgan fingerprint density at radius 3 is 2.75 bits per heavy atom. The first-order chi connectivity index (χ1) is 9.60. The summed E-state index contributed by atoms with van der Waals surface area (Å²) in [4.78, 5) is 11.4. The predicted octanol–water partition coefficient (Wildman–Crippen LogP) is 2.27. The molecule has 20 heavy (non-hydrogen) atoms. The number of hydrogen-bond donors (Lipinski definition) is 2. The summed E-state index contributed by atoms with van der Waals surface area (Å²) in [5, 5.41) is 23.0. The molecule has 0 heterocycles. The Bertz CT molecular complexity index is 598. The lowest BCUT2D eigenvalue weighted by molar-refractivity contribution is -0.119. The first-order valence-corrected chi connectivity index (χ1v) is 5.83. The summed E-state index contributed by atoms with van der Waals surface area (Å²) in [5.74, 6) is -0.300. The van der Waals surface area contributed by atoms with Crippen molar-refractivity contribution in [3.63, 3.8) is 0 Å². The Labute approximate surface area is 121 Å². The minimum absolute atomic E-state index is 0.0572. The standard InChI is InChI=1S/C13H11ClN4O2/c1-20-8-13(19)18-10-2-3-11(14)12(4-10)17-7-9(5-15)6-16/h2-4,7,17H,8H2,1H3,(H,18,19). The van der Waals surface area contributed by atoms with Crippen LogP contribution in [-0.4, -0.2) is 19.6 Å². The second-order valence-corrected chi connectivity index (χ2v) is 4.01. The molecule has 1 rings (SSSR count). The lowest BCUT2D eigenvalue weighted by Crippen LogP contribution is -2.17. The zero-order valence-corrected chi connectivity index (χ0v) is 11.4. The number of halogens is 1. The zero-order chi connectivity index (χ0) is 15.0. The second-order valence-electron chi connectivity index (χ2n) is 3.60. The van der Waals surface area contributed by atoms with Crippen molar-refractivity contribution in [2.24, 2.45) is 0 Å². The molecule has 1 aromatic carbocycles. The van der Waals surface area contributed by atoms with Crippen molar-refractivity contribution in [1.29, 1.82) is 10.5 Å². The van der Waals surface area contributed by atoms with E-state index in [1.807, 2.05) is 0 Å². The molecule has 0 aliphatic carbocycles. The molecule has 0 radical (unpaired) electrons. The highest BCUT2D eigenvalue weighted by Crippen LogP contribution is 2.25. The minimum atomic E-state index is -0.300. The number of ether oxygens (including phenoxy) is 1. The molecule has 0 aliphatic heterocycles. The molecule has 0 unspecified atom stereocenters. The van der Waals surface area contributed by atoms with E-state index in [0.29, 0.717) is 16.4 Å². The molecule has 0 saturated carbocycles. The third-order valence-electron chi connectivity index (χ3n) is 2.14. The van der Waals surface area contributed by atoms with Crippen LogP contribution in [0.4, 0.5) is 11.4 Å². The fourth-order valence-corrected chi connectivity index (χ4v) is 1.45. The number of anilines is 2. The quantitative estimate of drug-likeness (QED) is 0.811. The lowest BCUT2D eigenvalue weighted by Gasteiger charge is -2.08. The summed E-state index contributed by atoms with van der Waals surface area (Å²) in [5.41, 5.74) is 0.891. The van der Waals surface area contributed by atoms with Crippen molar-refractivity contribution >= 4 is 28.9 Å². The number of amides is 1. The topological polar surface area (TPSA) is 97.9 Å². The molecule has 0 spiro atoms. The van der Waals surface area contributed by atoms with Crippen LogP contribution in [-0.2, 0) is 9.53 Å². The number of rotatable bonds is 5. The molecule has 0 atom stereocenters. The lowest BCUT2D eigenvalue weighted by atomic mass is 10.2. The van der Waals surface area contributed by atoms with Gasteiger partial charge in [0.2, 0.25) is 5.91 Å². The zero-order valence-electron chi connectivity index (χ0n) is 10.6. The third-order valence-corrected chi connectivity index (χ3v) is 2.47. The smallest absolute Gasteiger partial charge is 0.250 e. The normalized spacial score (nSPS) is 9.00. The number of benzene rings is 1. The molecule has 6 nitrogen and oxygen atoms in total. The second kappa shape index (κ2) is 7.80. The molecular weight excluding hydrogens is 280 g/mol. The third kappa shape index (κ3) is 4.62. The van der Waals surface area contributed by atoms with E-state index in [-0.39, 0.29) is 18.1 Å². The molecule has 0 bridgehead atoms. The SMILES string of the molecule is COCC(=O)Nc1ccc(Cl)c(NC=C(C#N)C#N)c1. The van der Waals surface area contributed by atoms with Gasteiger partial charge in [-0.2, -0.15) is 10.5 Å². The summed E-state index contributed by atoms with van der Waals surface area (Å²) in [6.07, 6.45) is 1.24. The van der Waals surface area contributed by atoms with Gasteiger partial charge in [-0.3, -0.25) is 4.79 Å². The molecular formula is C13H11ClN4O2. The van der Waals surface area contributed by atoms with Gasteiger partial charge in [0.15, 0.2) is 0 Å². The summed E-state index contributed by atoms with van der Waals surface area (Å²) in [6.45, 7) is -0.0572. The average Bonchev–Trinajstić information content (AvgIpc) is 2.43. The Morgan fingerprint density at radius 1 is 1.45 bits per heavy atom. The van der Waals surface area contributed by atoms with Gasteiger partial charge in [0, 0.05) is 19.0 Å². The van der Waals surface area contributed by atoms with Crippen LogP contribution in [0, 0.1) is 22.7 Å². The molecule has 0 saturated heterocycles. The minimum Gasteiger partial charge on any atom is -0.375 e. The van der Waals surface area contributed by atoms with Gasteiger partial charge in [0.25, 0.3) is 0 Å². The number of nitrogens with zero attached hydrogens (tertiary/aromatic N) is 2. The van der Waals surface area contributed by atoms with Crippen LogP contribution in [0.25, 0.3) is 0 Å². The van der Waals surface area contributed by atoms with Gasteiger partial charge in [-0.15, -0.1) is 0 Å². The summed E-state index contributed by atoms with van der Waals surface area (Å²) < 4.78 is 4.70. The largest absolute Gasteiger partial charge is 0.375 e. The van der Waals surface area contributed by atoms with Crippen molar-refractivity contribution in [3.8, 4) is 12.1 Å². The van der Waals surface area contributed by atoms with Gasteiger partial charge >= 0.3 is 0 Å². The number of nitriles is 2. The van der Waals surface area contributed by atoms with Crippen molar-refractivity contribution in [3.05, 3.63) is 35.0 Å². The van der Waals surface area contributed by atoms with Crippen LogP contribution in [0.15, 0.2) is 30.0 Å².